The first kappa shape index (κ1) is 17.3. The van der Waals surface area contributed by atoms with Gasteiger partial charge in [0.15, 0.2) is 5.82 Å². The van der Waals surface area contributed by atoms with Gasteiger partial charge in [0.2, 0.25) is 11.1 Å². The van der Waals surface area contributed by atoms with Gasteiger partial charge in [-0.15, -0.1) is 5.10 Å². The van der Waals surface area contributed by atoms with Gasteiger partial charge in [0.05, 0.1) is 5.75 Å². The zero-order valence-electron chi connectivity index (χ0n) is 13.6. The van der Waals surface area contributed by atoms with Crippen LogP contribution in [0.5, 0.6) is 0 Å². The molecule has 1 saturated carbocycles. The van der Waals surface area contributed by atoms with Crippen LogP contribution in [0.2, 0.25) is 5.02 Å². The van der Waals surface area contributed by atoms with E-state index >= 15 is 0 Å². The molecule has 1 aromatic heterocycles. The van der Waals surface area contributed by atoms with Crippen LogP contribution in [0.3, 0.4) is 0 Å². The Bertz CT molecular complexity index is 688. The van der Waals surface area contributed by atoms with Crippen molar-refractivity contribution in [3.05, 3.63) is 29.3 Å². The molecule has 2 N–H and O–H groups in total. The lowest BCUT2D eigenvalue weighted by atomic mass is 9.86. The van der Waals surface area contributed by atoms with Gasteiger partial charge in [-0.05, 0) is 43.0 Å². The Hall–Kier alpha value is -1.53. The molecule has 1 aromatic carbocycles. The zero-order valence-corrected chi connectivity index (χ0v) is 15.2. The summed E-state index contributed by atoms with van der Waals surface area (Å²) in [5, 5.41) is 11.5. The molecule has 2 unspecified atom stereocenters. The molecule has 128 valence electrons. The van der Waals surface area contributed by atoms with Crippen molar-refractivity contribution in [1.82, 2.24) is 20.5 Å². The molecule has 1 aliphatic rings. The van der Waals surface area contributed by atoms with Crippen LogP contribution >= 0.6 is 23.4 Å². The number of amides is 1. The summed E-state index contributed by atoms with van der Waals surface area (Å²) in [4.78, 5) is 16.5. The monoisotopic (exact) mass is 364 g/mol. The highest BCUT2D eigenvalue weighted by atomic mass is 35.5. The predicted molar refractivity (Wildman–Crippen MR) is 97.1 cm³/mol. The average molecular weight is 365 g/mol. The van der Waals surface area contributed by atoms with Crippen LogP contribution in [-0.4, -0.2) is 32.9 Å². The smallest absolute Gasteiger partial charge is 0.230 e. The Balaban J connectivity index is 1.51. The van der Waals surface area contributed by atoms with Crippen molar-refractivity contribution in [2.45, 2.75) is 43.8 Å². The number of nitrogens with one attached hydrogen (secondary N) is 2. The molecule has 1 amide bonds. The van der Waals surface area contributed by atoms with E-state index in [0.29, 0.717) is 33.7 Å². The first-order valence-corrected chi connectivity index (χ1v) is 9.58. The van der Waals surface area contributed by atoms with Crippen molar-refractivity contribution in [2.24, 2.45) is 5.92 Å². The normalized spacial score (nSPS) is 20.8. The number of carbonyl (C=O) groups excluding carboxylic acids is 1. The highest BCUT2D eigenvalue weighted by Gasteiger charge is 2.22. The summed E-state index contributed by atoms with van der Waals surface area (Å²) < 4.78 is 0. The van der Waals surface area contributed by atoms with Crippen molar-refractivity contribution < 1.29 is 4.79 Å². The fourth-order valence-corrected chi connectivity index (χ4v) is 3.69. The van der Waals surface area contributed by atoms with Gasteiger partial charge in [-0.2, -0.15) is 0 Å². The quantitative estimate of drug-likeness (QED) is 0.789. The number of benzene rings is 1. The Morgan fingerprint density at radius 3 is 2.83 bits per heavy atom. The van der Waals surface area contributed by atoms with Crippen molar-refractivity contribution in [2.75, 3.05) is 5.75 Å². The second kappa shape index (κ2) is 8.03. The van der Waals surface area contributed by atoms with E-state index in [-0.39, 0.29) is 5.91 Å². The molecule has 2 atom stereocenters. The van der Waals surface area contributed by atoms with Crippen molar-refractivity contribution in [3.63, 3.8) is 0 Å². The molecule has 0 spiro atoms. The summed E-state index contributed by atoms with van der Waals surface area (Å²) in [5.74, 6) is 1.63. The molecule has 1 aliphatic carbocycles. The van der Waals surface area contributed by atoms with Crippen LogP contribution in [-0.2, 0) is 4.79 Å². The molecule has 0 radical (unpaired) electrons. The maximum atomic E-state index is 12.1. The van der Waals surface area contributed by atoms with Crippen LogP contribution in [0.15, 0.2) is 29.4 Å². The van der Waals surface area contributed by atoms with Gasteiger partial charge in [0.25, 0.3) is 0 Å². The van der Waals surface area contributed by atoms with Gasteiger partial charge in [-0.1, -0.05) is 43.1 Å². The van der Waals surface area contributed by atoms with Crippen LogP contribution in [0.4, 0.5) is 0 Å². The molecular formula is C17H21ClN4OS. The summed E-state index contributed by atoms with van der Waals surface area (Å²) in [6.07, 6.45) is 4.75. The van der Waals surface area contributed by atoms with E-state index in [1.165, 1.54) is 31.0 Å². The molecular weight excluding hydrogens is 344 g/mol. The average Bonchev–Trinajstić information content (AvgIpc) is 3.05. The van der Waals surface area contributed by atoms with Gasteiger partial charge in [-0.3, -0.25) is 9.89 Å². The highest BCUT2D eigenvalue weighted by Crippen LogP contribution is 2.24. The second-order valence-corrected chi connectivity index (χ2v) is 7.58. The molecule has 0 aliphatic heterocycles. The maximum Gasteiger partial charge on any atom is 0.230 e. The molecule has 1 heterocycles. The van der Waals surface area contributed by atoms with Crippen LogP contribution in [0.25, 0.3) is 11.4 Å². The van der Waals surface area contributed by atoms with Crippen molar-refractivity contribution >= 4 is 29.3 Å². The van der Waals surface area contributed by atoms with Gasteiger partial charge < -0.3 is 5.32 Å². The van der Waals surface area contributed by atoms with E-state index in [0.717, 1.165) is 12.0 Å². The third-order valence-electron chi connectivity index (χ3n) is 4.37. The third-order valence-corrected chi connectivity index (χ3v) is 5.47. The number of nitrogens with zero attached hydrogens (tertiary/aromatic N) is 2. The van der Waals surface area contributed by atoms with Gasteiger partial charge in [0.1, 0.15) is 0 Å². The topological polar surface area (TPSA) is 70.7 Å². The van der Waals surface area contributed by atoms with E-state index < -0.39 is 0 Å². The SMILES string of the molecule is CC1CCCCC1NC(=O)CSc1n[nH]c(-c2ccc(Cl)cc2)n1. The summed E-state index contributed by atoms with van der Waals surface area (Å²) in [6, 6.07) is 7.70. The maximum absolute atomic E-state index is 12.1. The number of aromatic amines is 1. The summed E-state index contributed by atoms with van der Waals surface area (Å²) in [7, 11) is 0. The largest absolute Gasteiger partial charge is 0.352 e. The molecule has 7 heteroatoms. The number of rotatable bonds is 5. The van der Waals surface area contributed by atoms with Gasteiger partial charge in [-0.25, -0.2) is 4.98 Å². The first-order valence-electron chi connectivity index (χ1n) is 8.22. The molecule has 0 saturated heterocycles. The Kier molecular flexibility index (Phi) is 5.79. The lowest BCUT2D eigenvalue weighted by molar-refractivity contribution is -0.119. The van der Waals surface area contributed by atoms with Crippen molar-refractivity contribution in [1.29, 1.82) is 0 Å². The summed E-state index contributed by atoms with van der Waals surface area (Å²) in [5.41, 5.74) is 0.916. The minimum atomic E-state index is 0.0524. The number of H-pyrrole nitrogens is 1. The molecule has 5 nitrogen and oxygen atoms in total. The minimum absolute atomic E-state index is 0.0524. The van der Waals surface area contributed by atoms with Gasteiger partial charge in [0, 0.05) is 16.6 Å². The van der Waals surface area contributed by atoms with E-state index in [4.69, 9.17) is 11.6 Å². The number of carbonyl (C=O) groups is 1. The predicted octanol–water partition coefficient (Wildman–Crippen LogP) is 3.91. The van der Waals surface area contributed by atoms with E-state index in [9.17, 15) is 4.79 Å². The third kappa shape index (κ3) is 4.51. The van der Waals surface area contributed by atoms with Crippen LogP contribution in [0, 0.1) is 5.92 Å². The number of hydrogen-bond donors (Lipinski definition) is 2. The summed E-state index contributed by atoms with van der Waals surface area (Å²) in [6.45, 7) is 2.21. The van der Waals surface area contributed by atoms with E-state index in [1.807, 2.05) is 24.3 Å². The number of aromatic nitrogens is 3. The standard InChI is InChI=1S/C17H21ClN4OS/c1-11-4-2-3-5-14(11)19-15(23)10-24-17-20-16(21-22-17)12-6-8-13(18)9-7-12/h6-9,11,14H,2-5,10H2,1H3,(H,19,23)(H,20,21,22). The lowest BCUT2D eigenvalue weighted by Crippen LogP contribution is -2.41. The lowest BCUT2D eigenvalue weighted by Gasteiger charge is -2.29. The fraction of sp³-hybridized carbons (Fsp3) is 0.471. The number of halogens is 1. The molecule has 0 bridgehead atoms. The highest BCUT2D eigenvalue weighted by molar-refractivity contribution is 7.99. The van der Waals surface area contributed by atoms with E-state index in [1.54, 1.807) is 0 Å². The number of thioether (sulfide) groups is 1. The molecule has 2 aromatic rings. The minimum Gasteiger partial charge on any atom is -0.352 e. The van der Waals surface area contributed by atoms with E-state index in [2.05, 4.69) is 27.4 Å². The zero-order chi connectivity index (χ0) is 16.9. The first-order chi connectivity index (χ1) is 11.6. The molecule has 1 fully saturated rings. The Morgan fingerprint density at radius 1 is 1.33 bits per heavy atom. The van der Waals surface area contributed by atoms with Crippen LogP contribution < -0.4 is 5.32 Å². The molecule has 3 rings (SSSR count). The summed E-state index contributed by atoms with van der Waals surface area (Å²) >= 11 is 7.23. The number of hydrogen-bond acceptors (Lipinski definition) is 4. The second-order valence-electron chi connectivity index (χ2n) is 6.20. The molecule has 24 heavy (non-hydrogen) atoms. The Labute approximate surface area is 151 Å². The van der Waals surface area contributed by atoms with Gasteiger partial charge >= 0.3 is 0 Å². The fourth-order valence-electron chi connectivity index (χ4n) is 2.96. The Morgan fingerprint density at radius 2 is 2.08 bits per heavy atom. The van der Waals surface area contributed by atoms with Crippen molar-refractivity contribution in [3.8, 4) is 11.4 Å². The van der Waals surface area contributed by atoms with Crippen LogP contribution in [0.1, 0.15) is 32.6 Å².